The monoisotopic (exact) mass is 295 g/mol. The molecular formula is C20H13N3. The zero-order valence-electron chi connectivity index (χ0n) is 12.3. The molecule has 108 valence electrons. The second kappa shape index (κ2) is 5.43. The fraction of sp³-hybridized carbons (Fsp3) is 0. The first-order chi connectivity index (χ1) is 11.3. The molecule has 3 heteroatoms. The topological polar surface area (TPSA) is 48.7 Å². The summed E-state index contributed by atoms with van der Waals surface area (Å²) in [7, 11) is 0. The number of nitriles is 1. The molecule has 0 spiro atoms. The number of pyridine rings is 1. The van der Waals surface area contributed by atoms with Crippen LogP contribution in [-0.4, -0.2) is 4.98 Å². The van der Waals surface area contributed by atoms with E-state index >= 15 is 0 Å². The standard InChI is InChI=1S/C20H13N3/c21-13-14-9-11-15(12-10-14)22-20-16-5-1-3-7-18(16)23-19-8-4-2-6-17(19)20/h1-12H,(H,22,23). The number of benzene rings is 3. The number of nitrogens with zero attached hydrogens (tertiary/aromatic N) is 2. The number of hydrogen-bond acceptors (Lipinski definition) is 3. The summed E-state index contributed by atoms with van der Waals surface area (Å²) >= 11 is 0. The van der Waals surface area contributed by atoms with E-state index in [2.05, 4.69) is 23.5 Å². The van der Waals surface area contributed by atoms with E-state index in [1.54, 1.807) is 0 Å². The van der Waals surface area contributed by atoms with Gasteiger partial charge in [-0.05, 0) is 36.4 Å². The molecule has 3 nitrogen and oxygen atoms in total. The number of hydrogen-bond donors (Lipinski definition) is 1. The van der Waals surface area contributed by atoms with Crippen molar-refractivity contribution in [2.45, 2.75) is 0 Å². The van der Waals surface area contributed by atoms with Gasteiger partial charge in [0.05, 0.1) is 28.4 Å². The highest BCUT2D eigenvalue weighted by molar-refractivity contribution is 6.08. The van der Waals surface area contributed by atoms with Gasteiger partial charge in [0.1, 0.15) is 0 Å². The Hall–Kier alpha value is -3.38. The molecule has 0 saturated carbocycles. The van der Waals surface area contributed by atoms with Crippen molar-refractivity contribution < 1.29 is 0 Å². The van der Waals surface area contributed by atoms with Gasteiger partial charge < -0.3 is 5.32 Å². The van der Waals surface area contributed by atoms with Crippen LogP contribution in [0.25, 0.3) is 21.8 Å². The molecule has 4 aromatic rings. The van der Waals surface area contributed by atoms with Gasteiger partial charge in [0.25, 0.3) is 0 Å². The van der Waals surface area contributed by atoms with Crippen molar-refractivity contribution >= 4 is 33.2 Å². The Labute approximate surface area is 133 Å². The minimum absolute atomic E-state index is 0.653. The Bertz CT molecular complexity index is 990. The zero-order chi connectivity index (χ0) is 15.6. The second-order valence-electron chi connectivity index (χ2n) is 5.34. The average molecular weight is 295 g/mol. The molecule has 0 unspecified atom stereocenters. The van der Waals surface area contributed by atoms with Crippen molar-refractivity contribution in [1.29, 1.82) is 5.26 Å². The van der Waals surface area contributed by atoms with Crippen LogP contribution in [-0.2, 0) is 0 Å². The van der Waals surface area contributed by atoms with Crippen molar-refractivity contribution in [2.24, 2.45) is 0 Å². The van der Waals surface area contributed by atoms with Gasteiger partial charge in [0, 0.05) is 16.5 Å². The van der Waals surface area contributed by atoms with Gasteiger partial charge in [0.2, 0.25) is 0 Å². The number of aromatic nitrogens is 1. The number of anilines is 2. The Balaban J connectivity index is 1.93. The predicted molar refractivity (Wildman–Crippen MR) is 93.7 cm³/mol. The lowest BCUT2D eigenvalue weighted by molar-refractivity contribution is 1.47. The normalized spacial score (nSPS) is 10.6. The summed E-state index contributed by atoms with van der Waals surface area (Å²) in [5.74, 6) is 0. The van der Waals surface area contributed by atoms with E-state index in [1.165, 1.54) is 0 Å². The Kier molecular flexibility index (Phi) is 3.14. The van der Waals surface area contributed by atoms with Crippen LogP contribution in [0.5, 0.6) is 0 Å². The molecule has 0 aliphatic heterocycles. The molecule has 0 aliphatic rings. The second-order valence-corrected chi connectivity index (χ2v) is 5.34. The summed E-state index contributed by atoms with van der Waals surface area (Å²) in [6.07, 6.45) is 0. The fourth-order valence-electron chi connectivity index (χ4n) is 2.75. The summed E-state index contributed by atoms with van der Waals surface area (Å²) in [6, 6.07) is 25.8. The fourth-order valence-corrected chi connectivity index (χ4v) is 2.75. The first-order valence-electron chi connectivity index (χ1n) is 7.40. The van der Waals surface area contributed by atoms with E-state index in [4.69, 9.17) is 10.2 Å². The third-order valence-electron chi connectivity index (χ3n) is 3.87. The number of fused-ring (bicyclic) bond motifs is 2. The van der Waals surface area contributed by atoms with Crippen LogP contribution in [0, 0.1) is 11.3 Å². The van der Waals surface area contributed by atoms with E-state index in [0.717, 1.165) is 33.2 Å². The quantitative estimate of drug-likeness (QED) is 0.529. The Morgan fingerprint density at radius 1 is 0.739 bits per heavy atom. The van der Waals surface area contributed by atoms with Crippen LogP contribution >= 0.6 is 0 Å². The molecule has 1 aromatic heterocycles. The molecular weight excluding hydrogens is 282 g/mol. The highest BCUT2D eigenvalue weighted by Crippen LogP contribution is 2.32. The van der Waals surface area contributed by atoms with Gasteiger partial charge >= 0.3 is 0 Å². The molecule has 0 aliphatic carbocycles. The molecule has 0 radical (unpaired) electrons. The summed E-state index contributed by atoms with van der Waals surface area (Å²) in [5.41, 5.74) is 4.56. The molecule has 1 N–H and O–H groups in total. The minimum Gasteiger partial charge on any atom is -0.354 e. The SMILES string of the molecule is N#Cc1ccc(Nc2c3ccccc3nc3ccccc23)cc1. The van der Waals surface area contributed by atoms with Gasteiger partial charge in [-0.2, -0.15) is 5.26 Å². The molecule has 0 fully saturated rings. The van der Waals surface area contributed by atoms with E-state index in [9.17, 15) is 0 Å². The van der Waals surface area contributed by atoms with Crippen molar-refractivity contribution in [3.63, 3.8) is 0 Å². The lowest BCUT2D eigenvalue weighted by Crippen LogP contribution is -1.95. The maximum Gasteiger partial charge on any atom is 0.0991 e. The maximum absolute atomic E-state index is 8.92. The van der Waals surface area contributed by atoms with Gasteiger partial charge in [-0.25, -0.2) is 4.98 Å². The summed E-state index contributed by atoms with van der Waals surface area (Å²) < 4.78 is 0. The van der Waals surface area contributed by atoms with Crippen molar-refractivity contribution in [3.8, 4) is 6.07 Å². The van der Waals surface area contributed by atoms with Gasteiger partial charge in [-0.15, -0.1) is 0 Å². The average Bonchev–Trinajstić information content (AvgIpc) is 2.62. The first-order valence-corrected chi connectivity index (χ1v) is 7.40. The lowest BCUT2D eigenvalue weighted by Gasteiger charge is -2.13. The largest absolute Gasteiger partial charge is 0.354 e. The molecule has 0 bridgehead atoms. The minimum atomic E-state index is 0.653. The molecule has 0 amide bonds. The van der Waals surface area contributed by atoms with Gasteiger partial charge in [-0.3, -0.25) is 0 Å². The highest BCUT2D eigenvalue weighted by Gasteiger charge is 2.08. The summed E-state index contributed by atoms with van der Waals surface area (Å²) in [5, 5.41) is 14.6. The molecule has 0 saturated heterocycles. The van der Waals surface area contributed by atoms with Crippen LogP contribution in [0.1, 0.15) is 5.56 Å². The Morgan fingerprint density at radius 3 is 1.87 bits per heavy atom. The van der Waals surface area contributed by atoms with Crippen molar-refractivity contribution in [1.82, 2.24) is 4.98 Å². The Morgan fingerprint density at radius 2 is 1.30 bits per heavy atom. The van der Waals surface area contributed by atoms with E-state index < -0.39 is 0 Å². The van der Waals surface area contributed by atoms with Crippen LogP contribution in [0.15, 0.2) is 72.8 Å². The highest BCUT2D eigenvalue weighted by atomic mass is 14.9. The van der Waals surface area contributed by atoms with Crippen LogP contribution in [0.4, 0.5) is 11.4 Å². The summed E-state index contributed by atoms with van der Waals surface area (Å²) in [4.78, 5) is 4.72. The third-order valence-corrected chi connectivity index (χ3v) is 3.87. The van der Waals surface area contributed by atoms with Crippen molar-refractivity contribution in [3.05, 3.63) is 78.4 Å². The zero-order valence-corrected chi connectivity index (χ0v) is 12.3. The predicted octanol–water partition coefficient (Wildman–Crippen LogP) is 5.00. The number of para-hydroxylation sites is 2. The van der Waals surface area contributed by atoms with Gasteiger partial charge in [-0.1, -0.05) is 36.4 Å². The number of nitrogens with one attached hydrogen (secondary N) is 1. The number of rotatable bonds is 2. The van der Waals surface area contributed by atoms with E-state index in [1.807, 2.05) is 60.7 Å². The van der Waals surface area contributed by atoms with E-state index in [0.29, 0.717) is 5.56 Å². The van der Waals surface area contributed by atoms with Crippen molar-refractivity contribution in [2.75, 3.05) is 5.32 Å². The molecule has 1 heterocycles. The molecule has 23 heavy (non-hydrogen) atoms. The van der Waals surface area contributed by atoms with Crippen LogP contribution < -0.4 is 5.32 Å². The smallest absolute Gasteiger partial charge is 0.0991 e. The maximum atomic E-state index is 8.92. The van der Waals surface area contributed by atoms with Gasteiger partial charge in [0.15, 0.2) is 0 Å². The summed E-state index contributed by atoms with van der Waals surface area (Å²) in [6.45, 7) is 0. The van der Waals surface area contributed by atoms with E-state index in [-0.39, 0.29) is 0 Å². The molecule has 4 rings (SSSR count). The lowest BCUT2D eigenvalue weighted by atomic mass is 10.1. The third kappa shape index (κ3) is 2.37. The first kappa shape index (κ1) is 13.3. The van der Waals surface area contributed by atoms with Crippen LogP contribution in [0.2, 0.25) is 0 Å². The molecule has 3 aromatic carbocycles. The molecule has 0 atom stereocenters. The van der Waals surface area contributed by atoms with Crippen LogP contribution in [0.3, 0.4) is 0 Å².